The van der Waals surface area contributed by atoms with Crippen LogP contribution < -0.4 is 10.6 Å². The van der Waals surface area contributed by atoms with Crippen molar-refractivity contribution in [2.75, 3.05) is 11.5 Å². The van der Waals surface area contributed by atoms with Crippen molar-refractivity contribution in [1.82, 2.24) is 0 Å². The highest BCUT2D eigenvalue weighted by Gasteiger charge is 2.23. The highest BCUT2D eigenvalue weighted by atomic mass is 16.5. The first-order valence-corrected chi connectivity index (χ1v) is 14.5. The molecule has 1 aromatic rings. The summed E-state index contributed by atoms with van der Waals surface area (Å²) in [6.45, 7) is 4.96. The molecular formula is C32H48N2O4. The lowest BCUT2D eigenvalue weighted by Crippen LogP contribution is -2.34. The van der Waals surface area contributed by atoms with E-state index in [-0.39, 0.29) is 24.8 Å². The number of anilines is 1. The standard InChI is InChI=1S/C32H48N2O4/c1-3-4-5-6-7-8-9-10-11-12-13-14-23-38-30-22-21-26(2)34(29(30)19-16-20-32(36)37)28-18-15-17-27(24-28)25-31(33)35/h15-19,21-22,24,26H,3-14,20,23,25H2,1-2H3,(H2,33,35)(H,36,37)/b19-16+. The van der Waals surface area contributed by atoms with E-state index < -0.39 is 5.97 Å². The minimum atomic E-state index is -0.879. The predicted octanol–water partition coefficient (Wildman–Crippen LogP) is 7.44. The summed E-state index contributed by atoms with van der Waals surface area (Å²) in [5.41, 5.74) is 7.96. The van der Waals surface area contributed by atoms with Gasteiger partial charge in [-0.2, -0.15) is 0 Å². The largest absolute Gasteiger partial charge is 0.491 e. The number of carbonyl (C=O) groups is 2. The molecule has 1 atom stereocenters. The Kier molecular flexibility index (Phi) is 15.0. The van der Waals surface area contributed by atoms with E-state index in [2.05, 4.69) is 24.8 Å². The van der Waals surface area contributed by atoms with Crippen LogP contribution in [0.5, 0.6) is 0 Å². The molecule has 3 N–H and O–H groups in total. The van der Waals surface area contributed by atoms with Gasteiger partial charge in [0.05, 0.1) is 25.1 Å². The second kappa shape index (κ2) is 18.3. The number of benzene rings is 1. The van der Waals surface area contributed by atoms with Gasteiger partial charge in [0, 0.05) is 11.7 Å². The van der Waals surface area contributed by atoms with Gasteiger partial charge < -0.3 is 20.5 Å². The molecular weight excluding hydrogens is 476 g/mol. The van der Waals surface area contributed by atoms with Crippen LogP contribution in [0.3, 0.4) is 0 Å². The summed E-state index contributed by atoms with van der Waals surface area (Å²) < 4.78 is 6.22. The molecule has 38 heavy (non-hydrogen) atoms. The third-order valence-electron chi connectivity index (χ3n) is 6.84. The molecule has 6 nitrogen and oxygen atoms in total. The van der Waals surface area contributed by atoms with E-state index in [1.54, 1.807) is 6.08 Å². The molecule has 1 aliphatic rings. The fourth-order valence-corrected chi connectivity index (χ4v) is 4.81. The summed E-state index contributed by atoms with van der Waals surface area (Å²) in [6.07, 6.45) is 23.2. The Labute approximate surface area is 229 Å². The quantitative estimate of drug-likeness (QED) is 0.173. The maximum atomic E-state index is 11.4. The lowest BCUT2D eigenvalue weighted by molar-refractivity contribution is -0.136. The second-order valence-electron chi connectivity index (χ2n) is 10.3. The minimum Gasteiger partial charge on any atom is -0.491 e. The van der Waals surface area contributed by atoms with Crippen LogP contribution in [0.1, 0.15) is 103 Å². The smallest absolute Gasteiger partial charge is 0.307 e. The number of ether oxygens (including phenoxy) is 1. The summed E-state index contributed by atoms with van der Waals surface area (Å²) in [4.78, 5) is 24.7. The van der Waals surface area contributed by atoms with Crippen LogP contribution in [0, 0.1) is 0 Å². The first-order chi connectivity index (χ1) is 18.4. The number of carboxylic acid groups (broad SMARTS) is 1. The summed E-state index contributed by atoms with van der Waals surface area (Å²) >= 11 is 0. The zero-order valence-corrected chi connectivity index (χ0v) is 23.5. The van der Waals surface area contributed by atoms with Crippen LogP contribution >= 0.6 is 0 Å². The van der Waals surface area contributed by atoms with Gasteiger partial charge in [-0.05, 0) is 43.2 Å². The molecule has 0 aliphatic carbocycles. The molecule has 1 amide bonds. The van der Waals surface area contributed by atoms with Crippen molar-refractivity contribution in [3.05, 3.63) is 65.6 Å². The van der Waals surface area contributed by atoms with Gasteiger partial charge in [0.25, 0.3) is 0 Å². The van der Waals surface area contributed by atoms with Crippen LogP contribution in [0.25, 0.3) is 0 Å². The van der Waals surface area contributed by atoms with Gasteiger partial charge in [0.2, 0.25) is 5.91 Å². The highest BCUT2D eigenvalue weighted by molar-refractivity contribution is 5.77. The number of aliphatic carboxylic acids is 1. The van der Waals surface area contributed by atoms with Gasteiger partial charge in [-0.25, -0.2) is 0 Å². The molecule has 1 aliphatic heterocycles. The van der Waals surface area contributed by atoms with Crippen molar-refractivity contribution in [2.45, 2.75) is 110 Å². The molecule has 0 fully saturated rings. The number of allylic oxidation sites excluding steroid dienone is 2. The topological polar surface area (TPSA) is 92.9 Å². The van der Waals surface area contributed by atoms with E-state index in [4.69, 9.17) is 15.6 Å². The zero-order valence-electron chi connectivity index (χ0n) is 23.5. The molecule has 0 bridgehead atoms. The van der Waals surface area contributed by atoms with E-state index in [0.29, 0.717) is 6.61 Å². The number of hydrogen-bond donors (Lipinski definition) is 2. The van der Waals surface area contributed by atoms with Gasteiger partial charge in [0.1, 0.15) is 5.76 Å². The van der Waals surface area contributed by atoms with Crippen molar-refractivity contribution in [1.29, 1.82) is 0 Å². The maximum Gasteiger partial charge on any atom is 0.307 e. The summed E-state index contributed by atoms with van der Waals surface area (Å²) in [7, 11) is 0. The van der Waals surface area contributed by atoms with Crippen LogP contribution in [0.2, 0.25) is 0 Å². The molecule has 1 unspecified atom stereocenters. The Bertz CT molecular complexity index is 951. The number of carboxylic acids is 1. The molecule has 0 radical (unpaired) electrons. The summed E-state index contributed by atoms with van der Waals surface area (Å²) in [5.74, 6) is -0.527. The van der Waals surface area contributed by atoms with Gasteiger partial charge in [-0.15, -0.1) is 0 Å². The lowest BCUT2D eigenvalue weighted by atomic mass is 10.0. The molecule has 1 aromatic carbocycles. The van der Waals surface area contributed by atoms with Crippen molar-refractivity contribution >= 4 is 17.6 Å². The molecule has 1 heterocycles. The molecule has 0 aromatic heterocycles. The van der Waals surface area contributed by atoms with Crippen molar-refractivity contribution in [3.63, 3.8) is 0 Å². The van der Waals surface area contributed by atoms with E-state index in [0.717, 1.165) is 35.5 Å². The maximum absolute atomic E-state index is 11.4. The summed E-state index contributed by atoms with van der Waals surface area (Å²) in [5, 5.41) is 9.13. The average Bonchev–Trinajstić information content (AvgIpc) is 2.87. The first kappa shape index (κ1) is 31.2. The zero-order chi connectivity index (χ0) is 27.6. The third-order valence-corrected chi connectivity index (χ3v) is 6.84. The van der Waals surface area contributed by atoms with Crippen LogP contribution in [-0.2, 0) is 20.7 Å². The van der Waals surface area contributed by atoms with Crippen molar-refractivity contribution < 1.29 is 19.4 Å². The average molecular weight is 525 g/mol. The molecule has 0 spiro atoms. The fourth-order valence-electron chi connectivity index (χ4n) is 4.81. The number of carbonyl (C=O) groups excluding carboxylic acids is 1. The minimum absolute atomic E-state index is 0.0299. The summed E-state index contributed by atoms with van der Waals surface area (Å²) in [6, 6.07) is 7.75. The third kappa shape index (κ3) is 12.0. The SMILES string of the molecule is CCCCCCCCCCCCCCOC1=C(/C=C/CC(=O)O)N(c2cccc(CC(N)=O)c2)C(C)C=C1. The van der Waals surface area contributed by atoms with Crippen molar-refractivity contribution in [3.8, 4) is 0 Å². The van der Waals surface area contributed by atoms with E-state index in [1.165, 1.54) is 64.2 Å². The lowest BCUT2D eigenvalue weighted by Gasteiger charge is -2.34. The second-order valence-corrected chi connectivity index (χ2v) is 10.3. The molecule has 210 valence electrons. The van der Waals surface area contributed by atoms with E-state index >= 15 is 0 Å². The van der Waals surface area contributed by atoms with Crippen LogP contribution in [-0.4, -0.2) is 29.6 Å². The molecule has 2 rings (SSSR count). The number of rotatable bonds is 20. The number of nitrogens with zero attached hydrogens (tertiary/aromatic N) is 1. The Balaban J connectivity index is 1.92. The Morgan fingerprint density at radius 2 is 1.63 bits per heavy atom. The first-order valence-electron chi connectivity index (χ1n) is 14.5. The van der Waals surface area contributed by atoms with Gasteiger partial charge in [-0.1, -0.05) is 102 Å². The van der Waals surface area contributed by atoms with E-state index in [1.807, 2.05) is 36.4 Å². The number of primary amides is 1. The fraction of sp³-hybridized carbons (Fsp3) is 0.562. The molecule has 0 saturated carbocycles. The van der Waals surface area contributed by atoms with Gasteiger partial charge in [-0.3, -0.25) is 9.59 Å². The van der Waals surface area contributed by atoms with Gasteiger partial charge in [0.15, 0.2) is 0 Å². The number of unbranched alkanes of at least 4 members (excludes halogenated alkanes) is 11. The van der Waals surface area contributed by atoms with Crippen molar-refractivity contribution in [2.24, 2.45) is 5.73 Å². The monoisotopic (exact) mass is 524 g/mol. The molecule has 0 saturated heterocycles. The van der Waals surface area contributed by atoms with E-state index in [9.17, 15) is 9.59 Å². The van der Waals surface area contributed by atoms with Gasteiger partial charge >= 0.3 is 5.97 Å². The normalized spacial score (nSPS) is 15.4. The Morgan fingerprint density at radius 1 is 1.00 bits per heavy atom. The number of hydrogen-bond acceptors (Lipinski definition) is 4. The van der Waals surface area contributed by atoms with Crippen LogP contribution in [0.4, 0.5) is 5.69 Å². The van der Waals surface area contributed by atoms with Crippen LogP contribution in [0.15, 0.2) is 60.0 Å². The predicted molar refractivity (Wildman–Crippen MR) is 156 cm³/mol. The number of amides is 1. The number of nitrogens with two attached hydrogens (primary N) is 1. The highest BCUT2D eigenvalue weighted by Crippen LogP contribution is 2.31. The molecule has 6 heteroatoms. The Hall–Kier alpha value is -3.02. The Morgan fingerprint density at radius 3 is 2.24 bits per heavy atom.